The third kappa shape index (κ3) is 5.07. The smallest absolute Gasteiger partial charge is 0.119 e. The van der Waals surface area contributed by atoms with Crippen molar-refractivity contribution in [3.8, 4) is 5.75 Å². The molecule has 0 radical (unpaired) electrons. The monoisotopic (exact) mass is 251 g/mol. The molecule has 0 saturated heterocycles. The summed E-state index contributed by atoms with van der Waals surface area (Å²) in [5, 5.41) is 12.8. The van der Waals surface area contributed by atoms with Crippen molar-refractivity contribution in [2.24, 2.45) is 0 Å². The molecule has 0 spiro atoms. The minimum Gasteiger partial charge on any atom is -0.494 e. The van der Waals surface area contributed by atoms with E-state index in [2.05, 4.69) is 31.3 Å². The molecule has 0 aliphatic carbocycles. The van der Waals surface area contributed by atoms with Gasteiger partial charge in [0.25, 0.3) is 0 Å². The zero-order valence-electron chi connectivity index (χ0n) is 11.6. The Morgan fingerprint density at radius 3 is 2.44 bits per heavy atom. The molecule has 0 aliphatic rings. The van der Waals surface area contributed by atoms with Gasteiger partial charge in [-0.25, -0.2) is 0 Å². The zero-order valence-corrected chi connectivity index (χ0v) is 11.6. The Morgan fingerprint density at radius 1 is 1.22 bits per heavy atom. The van der Waals surface area contributed by atoms with E-state index in [9.17, 15) is 5.11 Å². The molecule has 1 rings (SSSR count). The molecule has 0 bridgehead atoms. The third-order valence-corrected chi connectivity index (χ3v) is 2.98. The lowest BCUT2D eigenvalue weighted by Crippen LogP contribution is -2.28. The molecule has 3 nitrogen and oxygen atoms in total. The van der Waals surface area contributed by atoms with Gasteiger partial charge < -0.3 is 15.2 Å². The molecule has 0 aliphatic heterocycles. The molecule has 2 N–H and O–H groups in total. The largest absolute Gasteiger partial charge is 0.494 e. The van der Waals surface area contributed by atoms with Crippen LogP contribution in [0.3, 0.4) is 0 Å². The highest BCUT2D eigenvalue weighted by Gasteiger charge is 2.07. The van der Waals surface area contributed by atoms with Crippen LogP contribution >= 0.6 is 0 Å². The average molecular weight is 251 g/mol. The number of hydrogen-bond donors (Lipinski definition) is 2. The first kappa shape index (κ1) is 15.0. The van der Waals surface area contributed by atoms with Crippen molar-refractivity contribution in [1.82, 2.24) is 5.32 Å². The van der Waals surface area contributed by atoms with Crippen LogP contribution < -0.4 is 10.1 Å². The van der Waals surface area contributed by atoms with Crippen LogP contribution in [-0.2, 0) is 0 Å². The summed E-state index contributed by atoms with van der Waals surface area (Å²) in [5.41, 5.74) is 1.21. The topological polar surface area (TPSA) is 41.5 Å². The molecule has 0 aromatic heterocycles. The second-order valence-electron chi connectivity index (χ2n) is 4.61. The molecule has 18 heavy (non-hydrogen) atoms. The van der Waals surface area contributed by atoms with Gasteiger partial charge in [-0.15, -0.1) is 0 Å². The Bertz CT molecular complexity index is 324. The predicted molar refractivity (Wildman–Crippen MR) is 74.9 cm³/mol. The van der Waals surface area contributed by atoms with Crippen molar-refractivity contribution in [2.45, 2.75) is 45.8 Å². The molecule has 0 fully saturated rings. The van der Waals surface area contributed by atoms with Gasteiger partial charge in [0.2, 0.25) is 0 Å². The van der Waals surface area contributed by atoms with Gasteiger partial charge >= 0.3 is 0 Å². The molecule has 2 atom stereocenters. The lowest BCUT2D eigenvalue weighted by Gasteiger charge is -2.17. The lowest BCUT2D eigenvalue weighted by molar-refractivity contribution is 0.164. The zero-order chi connectivity index (χ0) is 13.4. The van der Waals surface area contributed by atoms with Gasteiger partial charge in [-0.1, -0.05) is 26.0 Å². The summed E-state index contributed by atoms with van der Waals surface area (Å²) in [5.74, 6) is 0.918. The van der Waals surface area contributed by atoms with Gasteiger partial charge in [-0.2, -0.15) is 0 Å². The van der Waals surface area contributed by atoms with E-state index in [0.717, 1.165) is 25.2 Å². The number of nitrogens with one attached hydrogen (secondary N) is 1. The predicted octanol–water partition coefficient (Wildman–Crippen LogP) is 2.90. The van der Waals surface area contributed by atoms with Gasteiger partial charge in [0, 0.05) is 12.6 Å². The van der Waals surface area contributed by atoms with Crippen LogP contribution in [0.25, 0.3) is 0 Å². The highest BCUT2D eigenvalue weighted by atomic mass is 16.5. The lowest BCUT2D eigenvalue weighted by atomic mass is 10.1. The molecule has 2 unspecified atom stereocenters. The summed E-state index contributed by atoms with van der Waals surface area (Å²) in [6.45, 7) is 7.57. The van der Waals surface area contributed by atoms with E-state index in [1.165, 1.54) is 5.56 Å². The number of benzene rings is 1. The second kappa shape index (κ2) is 8.11. The van der Waals surface area contributed by atoms with Gasteiger partial charge in [-0.05, 0) is 37.5 Å². The fraction of sp³-hybridized carbons (Fsp3) is 0.600. The minimum atomic E-state index is -0.264. The number of aliphatic hydroxyl groups is 1. The number of ether oxygens (including phenoxy) is 1. The first-order valence-electron chi connectivity index (χ1n) is 6.81. The van der Waals surface area contributed by atoms with E-state index in [1.807, 2.05) is 19.1 Å². The van der Waals surface area contributed by atoms with Crippen LogP contribution in [0.4, 0.5) is 0 Å². The van der Waals surface area contributed by atoms with Crippen LogP contribution in [0.15, 0.2) is 24.3 Å². The van der Waals surface area contributed by atoms with E-state index in [-0.39, 0.29) is 12.1 Å². The number of hydrogen-bond acceptors (Lipinski definition) is 3. The van der Waals surface area contributed by atoms with Gasteiger partial charge in [0.15, 0.2) is 0 Å². The van der Waals surface area contributed by atoms with Crippen LogP contribution in [-0.4, -0.2) is 24.4 Å². The molecule has 0 amide bonds. The van der Waals surface area contributed by atoms with E-state index in [1.54, 1.807) is 0 Å². The van der Waals surface area contributed by atoms with E-state index >= 15 is 0 Å². The molecular weight excluding hydrogens is 226 g/mol. The van der Waals surface area contributed by atoms with Crippen LogP contribution in [0.1, 0.15) is 45.2 Å². The molecule has 3 heteroatoms. The van der Waals surface area contributed by atoms with Gasteiger partial charge in [-0.3, -0.25) is 0 Å². The van der Waals surface area contributed by atoms with Crippen LogP contribution in [0, 0.1) is 0 Å². The Kier molecular flexibility index (Phi) is 6.76. The second-order valence-corrected chi connectivity index (χ2v) is 4.61. The fourth-order valence-corrected chi connectivity index (χ4v) is 1.65. The maximum absolute atomic E-state index is 9.51. The van der Waals surface area contributed by atoms with Crippen LogP contribution in [0.5, 0.6) is 5.75 Å². The average Bonchev–Trinajstić information content (AvgIpc) is 2.42. The van der Waals surface area contributed by atoms with E-state index in [4.69, 9.17) is 4.74 Å². The normalized spacial score (nSPS) is 14.2. The standard InChI is InChI=1S/C15H25NO2/c1-4-10-18-15-8-6-13(7-9-15)12(3)16-11-14(17)5-2/h6-9,12,14,16-17H,4-5,10-11H2,1-3H3. The van der Waals surface area contributed by atoms with Gasteiger partial charge in [0.1, 0.15) is 5.75 Å². The molecule has 1 aromatic rings. The van der Waals surface area contributed by atoms with E-state index < -0.39 is 0 Å². The Hall–Kier alpha value is -1.06. The summed E-state index contributed by atoms with van der Waals surface area (Å²) in [6, 6.07) is 8.38. The molecule has 1 aromatic carbocycles. The van der Waals surface area contributed by atoms with Crippen molar-refractivity contribution in [3.63, 3.8) is 0 Å². The quantitative estimate of drug-likeness (QED) is 0.746. The van der Waals surface area contributed by atoms with Gasteiger partial charge in [0.05, 0.1) is 12.7 Å². The summed E-state index contributed by atoms with van der Waals surface area (Å²) in [6.07, 6.45) is 1.54. The molecule has 0 heterocycles. The number of rotatable bonds is 8. The molecular formula is C15H25NO2. The maximum atomic E-state index is 9.51. The number of aliphatic hydroxyl groups excluding tert-OH is 1. The molecule has 102 valence electrons. The summed E-state index contributed by atoms with van der Waals surface area (Å²) >= 11 is 0. The highest BCUT2D eigenvalue weighted by Crippen LogP contribution is 2.17. The van der Waals surface area contributed by atoms with Crippen molar-refractivity contribution >= 4 is 0 Å². The maximum Gasteiger partial charge on any atom is 0.119 e. The first-order chi connectivity index (χ1) is 8.67. The summed E-state index contributed by atoms with van der Waals surface area (Å²) in [4.78, 5) is 0. The van der Waals surface area contributed by atoms with Crippen molar-refractivity contribution < 1.29 is 9.84 Å². The summed E-state index contributed by atoms with van der Waals surface area (Å²) < 4.78 is 5.55. The Morgan fingerprint density at radius 2 is 1.89 bits per heavy atom. The Balaban J connectivity index is 2.45. The van der Waals surface area contributed by atoms with Crippen molar-refractivity contribution in [1.29, 1.82) is 0 Å². The van der Waals surface area contributed by atoms with Crippen LogP contribution in [0.2, 0.25) is 0 Å². The highest BCUT2D eigenvalue weighted by molar-refractivity contribution is 5.28. The van der Waals surface area contributed by atoms with Crippen molar-refractivity contribution in [3.05, 3.63) is 29.8 Å². The third-order valence-electron chi connectivity index (χ3n) is 2.98. The molecule has 0 saturated carbocycles. The Labute approximate surface area is 110 Å². The first-order valence-corrected chi connectivity index (χ1v) is 6.81. The summed E-state index contributed by atoms with van der Waals surface area (Å²) in [7, 11) is 0. The van der Waals surface area contributed by atoms with E-state index in [0.29, 0.717) is 6.54 Å². The SMILES string of the molecule is CCCOc1ccc(C(C)NCC(O)CC)cc1. The van der Waals surface area contributed by atoms with Crippen molar-refractivity contribution in [2.75, 3.05) is 13.2 Å². The minimum absolute atomic E-state index is 0.242. The fourth-order valence-electron chi connectivity index (χ4n) is 1.65.